The van der Waals surface area contributed by atoms with Crippen LogP contribution >= 0.6 is 23.2 Å². The first-order valence-corrected chi connectivity index (χ1v) is 8.43. The van der Waals surface area contributed by atoms with E-state index in [1.165, 1.54) is 18.2 Å². The van der Waals surface area contributed by atoms with E-state index >= 15 is 0 Å². The molecule has 0 fully saturated rings. The minimum atomic E-state index is -3.74. The Hall–Kier alpha value is -1.43. The van der Waals surface area contributed by atoms with Gasteiger partial charge in [0.2, 0.25) is 0 Å². The van der Waals surface area contributed by atoms with Gasteiger partial charge in [-0.3, -0.25) is 4.72 Å². The summed E-state index contributed by atoms with van der Waals surface area (Å²) in [5.41, 5.74) is 7.11. The molecule has 112 valence electrons. The highest BCUT2D eigenvalue weighted by atomic mass is 35.5. The molecule has 2 aromatic carbocycles. The first-order valence-electron chi connectivity index (χ1n) is 6.19. The van der Waals surface area contributed by atoms with Gasteiger partial charge in [-0.05, 0) is 42.3 Å². The van der Waals surface area contributed by atoms with Crippen LogP contribution in [0.1, 0.15) is 12.5 Å². The predicted molar refractivity (Wildman–Crippen MR) is 87.5 cm³/mol. The maximum atomic E-state index is 12.5. The third-order valence-corrected chi connectivity index (χ3v) is 5.14. The Morgan fingerprint density at radius 2 is 1.81 bits per heavy atom. The summed E-state index contributed by atoms with van der Waals surface area (Å²) in [6.07, 6.45) is 0.581. The molecule has 0 atom stereocenters. The Morgan fingerprint density at radius 1 is 1.10 bits per heavy atom. The van der Waals surface area contributed by atoms with E-state index in [-0.39, 0.29) is 9.92 Å². The fourth-order valence-corrected chi connectivity index (χ4v) is 3.58. The molecule has 0 amide bonds. The summed E-state index contributed by atoms with van der Waals surface area (Å²) in [6.45, 7) is 1.88. The van der Waals surface area contributed by atoms with Crippen molar-refractivity contribution >= 4 is 44.6 Å². The van der Waals surface area contributed by atoms with Crippen LogP contribution in [0.5, 0.6) is 0 Å². The molecule has 0 radical (unpaired) electrons. The van der Waals surface area contributed by atoms with Crippen molar-refractivity contribution in [1.82, 2.24) is 0 Å². The van der Waals surface area contributed by atoms with Crippen molar-refractivity contribution in [3.8, 4) is 0 Å². The summed E-state index contributed by atoms with van der Waals surface area (Å²) in [4.78, 5) is 0.163. The van der Waals surface area contributed by atoms with Crippen LogP contribution in [0.25, 0.3) is 0 Å². The van der Waals surface area contributed by atoms with Crippen molar-refractivity contribution in [1.29, 1.82) is 0 Å². The fourth-order valence-electron chi connectivity index (χ4n) is 1.88. The Bertz CT molecular complexity index is 777. The molecule has 7 heteroatoms. The van der Waals surface area contributed by atoms with Crippen LogP contribution in [0.3, 0.4) is 0 Å². The van der Waals surface area contributed by atoms with Gasteiger partial charge < -0.3 is 5.73 Å². The van der Waals surface area contributed by atoms with Crippen molar-refractivity contribution in [3.05, 3.63) is 52.0 Å². The molecule has 21 heavy (non-hydrogen) atoms. The zero-order chi connectivity index (χ0) is 15.6. The molecule has 0 saturated carbocycles. The van der Waals surface area contributed by atoms with Crippen molar-refractivity contribution in [2.45, 2.75) is 18.2 Å². The van der Waals surface area contributed by atoms with Crippen LogP contribution in [-0.2, 0) is 16.4 Å². The predicted octanol–water partition coefficient (Wildman–Crippen LogP) is 3.94. The average molecular weight is 345 g/mol. The number of nitrogens with two attached hydrogens (primary N) is 1. The van der Waals surface area contributed by atoms with Crippen molar-refractivity contribution in [3.63, 3.8) is 0 Å². The summed E-state index contributed by atoms with van der Waals surface area (Å²) < 4.78 is 27.5. The van der Waals surface area contributed by atoms with Crippen LogP contribution in [0, 0.1) is 0 Å². The summed E-state index contributed by atoms with van der Waals surface area (Å²) in [5.74, 6) is 0. The lowest BCUT2D eigenvalue weighted by molar-refractivity contribution is 0.600. The standard InChI is InChI=1S/C14H14Cl2N2O2S/c1-2-9-3-4-10(17)7-14(9)21(19,20)18-11-5-6-12(15)13(16)8-11/h3-8,18H,2,17H2,1H3. The second kappa shape index (κ2) is 6.13. The van der Waals surface area contributed by atoms with Crippen LogP contribution in [-0.4, -0.2) is 8.42 Å². The molecule has 0 aliphatic rings. The number of hydrogen-bond donors (Lipinski definition) is 2. The highest BCUT2D eigenvalue weighted by Gasteiger charge is 2.18. The number of anilines is 2. The third-order valence-electron chi connectivity index (χ3n) is 2.93. The first kappa shape index (κ1) is 15.9. The van der Waals surface area contributed by atoms with Crippen molar-refractivity contribution in [2.24, 2.45) is 0 Å². The van der Waals surface area contributed by atoms with Crippen LogP contribution in [0.2, 0.25) is 10.0 Å². The lowest BCUT2D eigenvalue weighted by atomic mass is 10.1. The molecule has 2 aromatic rings. The number of nitrogens with one attached hydrogen (secondary N) is 1. The zero-order valence-electron chi connectivity index (χ0n) is 11.2. The van der Waals surface area contributed by atoms with Gasteiger partial charge in [0.25, 0.3) is 10.0 Å². The summed E-state index contributed by atoms with van der Waals surface area (Å²) in [6, 6.07) is 9.36. The van der Waals surface area contributed by atoms with Gasteiger partial charge in [-0.25, -0.2) is 8.42 Å². The second-order valence-electron chi connectivity index (χ2n) is 4.46. The van der Waals surface area contributed by atoms with Gasteiger partial charge in [-0.1, -0.05) is 36.2 Å². The van der Waals surface area contributed by atoms with E-state index in [2.05, 4.69) is 4.72 Å². The van der Waals surface area contributed by atoms with Gasteiger partial charge >= 0.3 is 0 Å². The number of aryl methyl sites for hydroxylation is 1. The van der Waals surface area contributed by atoms with E-state index in [0.29, 0.717) is 28.4 Å². The maximum Gasteiger partial charge on any atom is 0.262 e. The molecule has 0 saturated heterocycles. The summed E-state index contributed by atoms with van der Waals surface area (Å²) >= 11 is 11.7. The topological polar surface area (TPSA) is 72.2 Å². The molecule has 0 unspecified atom stereocenters. The smallest absolute Gasteiger partial charge is 0.262 e. The Kier molecular flexibility index (Phi) is 4.66. The van der Waals surface area contributed by atoms with Gasteiger partial charge in [0, 0.05) is 5.69 Å². The third kappa shape index (κ3) is 3.61. The van der Waals surface area contributed by atoms with Crippen LogP contribution in [0.15, 0.2) is 41.3 Å². The molecule has 0 spiro atoms. The first-order chi connectivity index (χ1) is 9.83. The number of halogens is 2. The molecule has 0 bridgehead atoms. The maximum absolute atomic E-state index is 12.5. The minimum absolute atomic E-state index is 0.163. The van der Waals surface area contributed by atoms with E-state index in [0.717, 1.165) is 0 Å². The monoisotopic (exact) mass is 344 g/mol. The number of rotatable bonds is 4. The Balaban J connectivity index is 2.42. The molecular weight excluding hydrogens is 331 g/mol. The molecule has 0 aromatic heterocycles. The normalized spacial score (nSPS) is 11.4. The molecule has 0 aliphatic heterocycles. The average Bonchev–Trinajstić information content (AvgIpc) is 2.42. The zero-order valence-corrected chi connectivity index (χ0v) is 13.6. The van der Waals surface area contributed by atoms with Crippen LogP contribution in [0.4, 0.5) is 11.4 Å². The summed E-state index contributed by atoms with van der Waals surface area (Å²) in [5, 5.41) is 0.637. The lowest BCUT2D eigenvalue weighted by Crippen LogP contribution is -2.15. The molecular formula is C14H14Cl2N2O2S. The lowest BCUT2D eigenvalue weighted by Gasteiger charge is -2.12. The number of sulfonamides is 1. The molecule has 2 rings (SSSR count). The second-order valence-corrected chi connectivity index (χ2v) is 6.92. The molecule has 0 heterocycles. The van der Waals surface area contributed by atoms with Crippen molar-refractivity contribution < 1.29 is 8.42 Å². The summed E-state index contributed by atoms with van der Waals surface area (Å²) in [7, 11) is -3.74. The fraction of sp³-hybridized carbons (Fsp3) is 0.143. The Labute approximate surface area is 133 Å². The van der Waals surface area contributed by atoms with Gasteiger partial charge in [0.05, 0.1) is 20.6 Å². The van der Waals surface area contributed by atoms with E-state index in [9.17, 15) is 8.42 Å². The van der Waals surface area contributed by atoms with E-state index in [1.807, 2.05) is 6.92 Å². The largest absolute Gasteiger partial charge is 0.399 e. The quantitative estimate of drug-likeness (QED) is 0.825. The SMILES string of the molecule is CCc1ccc(N)cc1S(=O)(=O)Nc1ccc(Cl)c(Cl)c1. The van der Waals surface area contributed by atoms with E-state index in [1.54, 1.807) is 18.2 Å². The number of benzene rings is 2. The molecule has 0 aliphatic carbocycles. The van der Waals surface area contributed by atoms with Crippen molar-refractivity contribution in [2.75, 3.05) is 10.5 Å². The molecule has 4 nitrogen and oxygen atoms in total. The molecule has 3 N–H and O–H groups in total. The van der Waals surface area contributed by atoms with E-state index < -0.39 is 10.0 Å². The number of nitrogen functional groups attached to an aromatic ring is 1. The number of hydrogen-bond acceptors (Lipinski definition) is 3. The van der Waals surface area contributed by atoms with Gasteiger partial charge in [0.15, 0.2) is 0 Å². The van der Waals surface area contributed by atoms with Gasteiger partial charge in [0.1, 0.15) is 0 Å². The highest BCUT2D eigenvalue weighted by molar-refractivity contribution is 7.92. The minimum Gasteiger partial charge on any atom is -0.399 e. The highest BCUT2D eigenvalue weighted by Crippen LogP contribution is 2.27. The van der Waals surface area contributed by atoms with Gasteiger partial charge in [-0.15, -0.1) is 0 Å². The van der Waals surface area contributed by atoms with E-state index in [4.69, 9.17) is 28.9 Å². The Morgan fingerprint density at radius 3 is 2.43 bits per heavy atom. The van der Waals surface area contributed by atoms with Gasteiger partial charge in [-0.2, -0.15) is 0 Å². The van der Waals surface area contributed by atoms with Crippen LogP contribution < -0.4 is 10.5 Å².